The van der Waals surface area contributed by atoms with E-state index in [1.807, 2.05) is 0 Å². The normalized spacial score (nSPS) is 15.7. The van der Waals surface area contributed by atoms with Gasteiger partial charge in [-0.1, -0.05) is 193 Å². The van der Waals surface area contributed by atoms with Crippen LogP contribution in [0, 0.1) is 0 Å². The van der Waals surface area contributed by atoms with Crippen LogP contribution in [0.2, 0.25) is 0 Å². The van der Waals surface area contributed by atoms with E-state index in [0.29, 0.717) is 0 Å². The Bertz CT molecular complexity index is 3220. The lowest BCUT2D eigenvalue weighted by atomic mass is 9.76. The molecule has 0 radical (unpaired) electrons. The molecule has 3 aliphatic rings. The minimum Gasteiger partial charge on any atom is -0.0622 e. The van der Waals surface area contributed by atoms with Crippen molar-refractivity contribution in [1.29, 1.82) is 0 Å². The van der Waals surface area contributed by atoms with Crippen molar-refractivity contribution in [2.45, 2.75) is 57.8 Å². The Kier molecular flexibility index (Phi) is 6.91. The first-order chi connectivity index (χ1) is 28.5. The Labute approximate surface area is 347 Å². The second-order valence-corrected chi connectivity index (χ2v) is 18.8. The highest BCUT2D eigenvalue weighted by atomic mass is 14.5. The average Bonchev–Trinajstić information content (AvgIpc) is 3.74. The van der Waals surface area contributed by atoms with Crippen LogP contribution in [0.15, 0.2) is 170 Å². The van der Waals surface area contributed by atoms with Crippen molar-refractivity contribution < 1.29 is 0 Å². The van der Waals surface area contributed by atoms with Crippen molar-refractivity contribution in [3.8, 4) is 66.8 Å². The van der Waals surface area contributed by atoms with Crippen LogP contribution in [0.1, 0.15) is 74.9 Å². The van der Waals surface area contributed by atoms with Gasteiger partial charge in [0.1, 0.15) is 0 Å². The van der Waals surface area contributed by atoms with Gasteiger partial charge < -0.3 is 0 Å². The van der Waals surface area contributed by atoms with Crippen molar-refractivity contribution >= 4 is 21.5 Å². The number of hydrogen-bond acceptors (Lipinski definition) is 0. The van der Waals surface area contributed by atoms with Gasteiger partial charge in [-0.2, -0.15) is 0 Å². The fraction of sp³-hybridized carbons (Fsp3) is 0.153. The maximum atomic E-state index is 2.50. The molecule has 0 spiro atoms. The number of fused-ring (bicyclic) bond motifs is 12. The van der Waals surface area contributed by atoms with E-state index in [2.05, 4.69) is 211 Å². The quantitative estimate of drug-likeness (QED) is 0.158. The van der Waals surface area contributed by atoms with Crippen molar-refractivity contribution in [2.75, 3.05) is 0 Å². The Morgan fingerprint density at radius 1 is 0.254 bits per heavy atom. The first-order valence-corrected chi connectivity index (χ1v) is 21.3. The van der Waals surface area contributed by atoms with E-state index in [4.69, 9.17) is 0 Å². The van der Waals surface area contributed by atoms with Crippen molar-refractivity contribution in [3.05, 3.63) is 203 Å². The highest BCUT2D eigenvalue weighted by Crippen LogP contribution is 2.60. The van der Waals surface area contributed by atoms with Gasteiger partial charge >= 0.3 is 0 Å². The van der Waals surface area contributed by atoms with Crippen molar-refractivity contribution in [2.24, 2.45) is 0 Å². The molecule has 0 heterocycles. The maximum Gasteiger partial charge on any atom is 0.0165 e. The van der Waals surface area contributed by atoms with E-state index in [1.54, 1.807) is 0 Å². The third kappa shape index (κ3) is 4.55. The molecule has 0 fully saturated rings. The SMILES string of the molecule is CC1(C)c2ccc(-c3ccc4c(c3)C(C)(C)c3c-4ccc4c3-c3ccccc3C4(C)C)cc2-c2ccc(-c3c4ccccc4c(-c4ccccc4)c4ccccc34)cc21. The molecule has 59 heavy (non-hydrogen) atoms. The molecule has 282 valence electrons. The summed E-state index contributed by atoms with van der Waals surface area (Å²) in [7, 11) is 0. The molecule has 0 saturated carbocycles. The summed E-state index contributed by atoms with van der Waals surface area (Å²) in [6, 6.07) is 64.5. The van der Waals surface area contributed by atoms with Gasteiger partial charge in [-0.15, -0.1) is 0 Å². The summed E-state index contributed by atoms with van der Waals surface area (Å²) in [5, 5.41) is 5.16. The highest BCUT2D eigenvalue weighted by Gasteiger charge is 2.44. The number of rotatable bonds is 3. The van der Waals surface area contributed by atoms with Crippen LogP contribution in [0.4, 0.5) is 0 Å². The van der Waals surface area contributed by atoms with E-state index in [1.165, 1.54) is 122 Å². The van der Waals surface area contributed by atoms with Crippen molar-refractivity contribution in [3.63, 3.8) is 0 Å². The minimum absolute atomic E-state index is 0.0131. The first kappa shape index (κ1) is 34.5. The standard InChI is InChI=1S/C59H46/c1-57(2)48-23-15-14-22-46(48)55-50(57)31-29-45-39-27-24-37(33-52(39)59(5,6)56(45)55)36-26-30-49-47(32-36)40-28-25-38(34-51(40)58(49,3)4)54-43-20-12-10-18-41(43)53(35-16-8-7-9-17-35)42-19-11-13-21-44(42)54/h7-34H,1-6H3. The zero-order chi connectivity index (χ0) is 40.0. The largest absolute Gasteiger partial charge is 0.0622 e. The van der Waals surface area contributed by atoms with Crippen LogP contribution in [-0.4, -0.2) is 0 Å². The predicted octanol–water partition coefficient (Wildman–Crippen LogP) is 15.9. The van der Waals surface area contributed by atoms with E-state index >= 15 is 0 Å². The average molecular weight is 755 g/mol. The van der Waals surface area contributed by atoms with Crippen LogP contribution in [-0.2, 0) is 16.2 Å². The lowest BCUT2D eigenvalue weighted by Gasteiger charge is -2.26. The number of hydrogen-bond donors (Lipinski definition) is 0. The summed E-state index contributed by atoms with van der Waals surface area (Å²) in [4.78, 5) is 0. The molecule has 0 unspecified atom stereocenters. The van der Waals surface area contributed by atoms with Crippen molar-refractivity contribution in [1.82, 2.24) is 0 Å². The summed E-state index contributed by atoms with van der Waals surface area (Å²) >= 11 is 0. The van der Waals surface area contributed by atoms with E-state index < -0.39 is 0 Å². The fourth-order valence-corrected chi connectivity index (χ4v) is 11.7. The predicted molar refractivity (Wildman–Crippen MR) is 250 cm³/mol. The second kappa shape index (κ2) is 11.8. The first-order valence-electron chi connectivity index (χ1n) is 21.3. The smallest absolute Gasteiger partial charge is 0.0165 e. The molecule has 0 amide bonds. The molecular formula is C59H46. The lowest BCUT2D eigenvalue weighted by Crippen LogP contribution is -2.18. The van der Waals surface area contributed by atoms with Crippen LogP contribution < -0.4 is 0 Å². The molecule has 9 aromatic rings. The topological polar surface area (TPSA) is 0 Å². The monoisotopic (exact) mass is 754 g/mol. The molecular weight excluding hydrogens is 709 g/mol. The van der Waals surface area contributed by atoms with E-state index in [0.717, 1.165) is 0 Å². The Hall–Kier alpha value is -6.50. The van der Waals surface area contributed by atoms with Gasteiger partial charge in [0.05, 0.1) is 0 Å². The van der Waals surface area contributed by atoms with Crippen LogP contribution in [0.5, 0.6) is 0 Å². The molecule has 9 aromatic carbocycles. The van der Waals surface area contributed by atoms with Gasteiger partial charge in [-0.05, 0) is 140 Å². The minimum atomic E-state index is -0.138. The second-order valence-electron chi connectivity index (χ2n) is 18.8. The lowest BCUT2D eigenvalue weighted by molar-refractivity contribution is 0.647. The third-order valence-electron chi connectivity index (χ3n) is 14.6. The van der Waals surface area contributed by atoms with E-state index in [9.17, 15) is 0 Å². The molecule has 0 heteroatoms. The molecule has 12 rings (SSSR count). The Balaban J connectivity index is 0.975. The van der Waals surface area contributed by atoms with Gasteiger partial charge in [0, 0.05) is 16.2 Å². The zero-order valence-electron chi connectivity index (χ0n) is 34.7. The number of benzene rings is 9. The summed E-state index contributed by atoms with van der Waals surface area (Å²) in [6.07, 6.45) is 0. The van der Waals surface area contributed by atoms with Gasteiger partial charge in [-0.25, -0.2) is 0 Å². The molecule has 0 N–H and O–H groups in total. The molecule has 0 bridgehead atoms. The van der Waals surface area contributed by atoms with Crippen LogP contribution in [0.3, 0.4) is 0 Å². The van der Waals surface area contributed by atoms with Gasteiger partial charge in [0.15, 0.2) is 0 Å². The fourth-order valence-electron chi connectivity index (χ4n) is 11.7. The highest BCUT2D eigenvalue weighted by molar-refractivity contribution is 6.21. The molecule has 0 saturated heterocycles. The van der Waals surface area contributed by atoms with Crippen LogP contribution in [0.25, 0.3) is 88.3 Å². The molecule has 0 aliphatic heterocycles. The molecule has 0 nitrogen and oxygen atoms in total. The summed E-state index contributed by atoms with van der Waals surface area (Å²) in [5.74, 6) is 0. The van der Waals surface area contributed by atoms with Crippen LogP contribution >= 0.6 is 0 Å². The van der Waals surface area contributed by atoms with Gasteiger partial charge in [-0.3, -0.25) is 0 Å². The third-order valence-corrected chi connectivity index (χ3v) is 14.6. The summed E-state index contributed by atoms with van der Waals surface area (Å²) < 4.78 is 0. The maximum absolute atomic E-state index is 2.50. The Morgan fingerprint density at radius 3 is 1.41 bits per heavy atom. The molecule has 0 aromatic heterocycles. The van der Waals surface area contributed by atoms with Gasteiger partial charge in [0.2, 0.25) is 0 Å². The van der Waals surface area contributed by atoms with Gasteiger partial charge in [0.25, 0.3) is 0 Å². The summed E-state index contributed by atoms with van der Waals surface area (Å²) in [5.41, 5.74) is 24.3. The molecule has 3 aliphatic carbocycles. The summed E-state index contributed by atoms with van der Waals surface area (Å²) in [6.45, 7) is 14.5. The molecule has 0 atom stereocenters. The van der Waals surface area contributed by atoms with E-state index in [-0.39, 0.29) is 16.2 Å². The zero-order valence-corrected chi connectivity index (χ0v) is 34.7. The Morgan fingerprint density at radius 2 is 0.712 bits per heavy atom.